The minimum absolute atomic E-state index is 0.334. The molecule has 2 aliphatic carbocycles. The first-order valence-electron chi connectivity index (χ1n) is 14.5. The maximum atomic E-state index is 6.13. The van der Waals surface area contributed by atoms with Gasteiger partial charge in [0.05, 0.1) is 6.33 Å². The summed E-state index contributed by atoms with van der Waals surface area (Å²) in [5.74, 6) is 2.38. The summed E-state index contributed by atoms with van der Waals surface area (Å²) < 4.78 is 7.48. The van der Waals surface area contributed by atoms with Gasteiger partial charge in [-0.15, -0.1) is 0 Å². The summed E-state index contributed by atoms with van der Waals surface area (Å²) in [6.45, 7) is 2.97. The number of hydrogen-bond acceptors (Lipinski definition) is 8. The third kappa shape index (κ3) is 6.47. The standard InChI is InChI=1S/C27H46N8O/c1-36-18-6-2-3-7-20-14-16-34(17-15-20)33-25-24-26(35(19-29-24)23-8-4-5-9-23)32-27(31-25)30-22-12-10-21(28)11-13-22/h19-23H,2-18,28H2,1H3,(H2,30,31,32,33). The summed E-state index contributed by atoms with van der Waals surface area (Å²) in [5.41, 5.74) is 11.6. The first kappa shape index (κ1) is 25.7. The second kappa shape index (κ2) is 12.5. The van der Waals surface area contributed by atoms with E-state index < -0.39 is 0 Å². The van der Waals surface area contributed by atoms with Crippen molar-refractivity contribution in [3.8, 4) is 0 Å². The SMILES string of the molecule is COCCCCCC1CCN(Nc2nc(NC3CCC(N)CC3)nc3c2ncn3C2CCCC2)CC1. The van der Waals surface area contributed by atoms with Gasteiger partial charge in [-0.2, -0.15) is 9.97 Å². The number of nitrogens with two attached hydrogens (primary N) is 1. The van der Waals surface area contributed by atoms with Gasteiger partial charge < -0.3 is 25.8 Å². The van der Waals surface area contributed by atoms with E-state index in [1.54, 1.807) is 7.11 Å². The Labute approximate surface area is 215 Å². The summed E-state index contributed by atoms with van der Waals surface area (Å²) in [5, 5.41) is 5.97. The molecule has 3 aliphatic rings. The Kier molecular flexibility index (Phi) is 8.93. The number of anilines is 2. The number of rotatable bonds is 11. The van der Waals surface area contributed by atoms with E-state index >= 15 is 0 Å². The molecule has 200 valence electrons. The second-order valence-electron chi connectivity index (χ2n) is 11.3. The molecule has 4 N–H and O–H groups in total. The Morgan fingerprint density at radius 3 is 2.50 bits per heavy atom. The number of fused-ring (bicyclic) bond motifs is 1. The maximum absolute atomic E-state index is 6.13. The number of nitrogens with zero attached hydrogens (tertiary/aromatic N) is 5. The van der Waals surface area contributed by atoms with E-state index in [4.69, 9.17) is 25.4 Å². The van der Waals surface area contributed by atoms with Crippen LogP contribution in [-0.2, 0) is 4.74 Å². The van der Waals surface area contributed by atoms with Crippen molar-refractivity contribution in [2.24, 2.45) is 11.7 Å². The van der Waals surface area contributed by atoms with E-state index in [1.165, 1.54) is 64.2 Å². The third-order valence-electron chi connectivity index (χ3n) is 8.58. The maximum Gasteiger partial charge on any atom is 0.227 e. The summed E-state index contributed by atoms with van der Waals surface area (Å²) in [6.07, 6.45) is 18.8. The van der Waals surface area contributed by atoms with Gasteiger partial charge >= 0.3 is 0 Å². The molecular formula is C27H46N8O. The van der Waals surface area contributed by atoms with Gasteiger partial charge in [-0.1, -0.05) is 32.1 Å². The van der Waals surface area contributed by atoms with Crippen LogP contribution in [-0.4, -0.2) is 63.4 Å². The van der Waals surface area contributed by atoms with Crippen LogP contribution in [0.3, 0.4) is 0 Å². The first-order valence-corrected chi connectivity index (χ1v) is 14.5. The molecule has 2 saturated carbocycles. The molecule has 1 saturated heterocycles. The highest BCUT2D eigenvalue weighted by Gasteiger charge is 2.25. The van der Waals surface area contributed by atoms with Crippen LogP contribution in [0.15, 0.2) is 6.33 Å². The van der Waals surface area contributed by atoms with Crippen molar-refractivity contribution in [3.05, 3.63) is 6.33 Å². The first-order chi connectivity index (χ1) is 17.7. The van der Waals surface area contributed by atoms with Gasteiger partial charge in [0.2, 0.25) is 5.95 Å². The van der Waals surface area contributed by atoms with Crippen molar-refractivity contribution in [2.45, 2.75) is 108 Å². The molecule has 0 bridgehead atoms. The number of hydrazine groups is 1. The van der Waals surface area contributed by atoms with Crippen LogP contribution >= 0.6 is 0 Å². The summed E-state index contributed by atoms with van der Waals surface area (Å²) in [7, 11) is 1.79. The number of nitrogens with one attached hydrogen (secondary N) is 2. The van der Waals surface area contributed by atoms with E-state index in [0.717, 1.165) is 74.2 Å². The molecule has 9 heteroatoms. The molecule has 0 spiro atoms. The summed E-state index contributed by atoms with van der Waals surface area (Å²) >= 11 is 0. The monoisotopic (exact) mass is 498 g/mol. The molecule has 0 amide bonds. The molecule has 2 aromatic rings. The van der Waals surface area contributed by atoms with Gasteiger partial charge in [-0.3, -0.25) is 0 Å². The molecule has 3 heterocycles. The highest BCUT2D eigenvalue weighted by atomic mass is 16.5. The molecule has 0 atom stereocenters. The minimum atomic E-state index is 0.334. The minimum Gasteiger partial charge on any atom is -0.385 e. The number of methoxy groups -OCH3 is 1. The Bertz CT molecular complexity index is 943. The number of ether oxygens (including phenoxy) is 1. The molecule has 0 unspecified atom stereocenters. The predicted molar refractivity (Wildman–Crippen MR) is 145 cm³/mol. The zero-order valence-electron chi connectivity index (χ0n) is 22.1. The van der Waals surface area contributed by atoms with Crippen molar-refractivity contribution in [2.75, 3.05) is 37.5 Å². The van der Waals surface area contributed by atoms with E-state index in [9.17, 15) is 0 Å². The molecule has 2 aromatic heterocycles. The van der Waals surface area contributed by atoms with Crippen molar-refractivity contribution >= 4 is 22.9 Å². The molecule has 0 radical (unpaired) electrons. The van der Waals surface area contributed by atoms with Gasteiger partial charge in [0.15, 0.2) is 17.0 Å². The van der Waals surface area contributed by atoms with Crippen LogP contribution < -0.4 is 16.5 Å². The average molecular weight is 499 g/mol. The van der Waals surface area contributed by atoms with Gasteiger partial charge in [-0.25, -0.2) is 9.99 Å². The molecule has 3 fully saturated rings. The lowest BCUT2D eigenvalue weighted by Crippen LogP contribution is -2.38. The van der Waals surface area contributed by atoms with E-state index in [0.29, 0.717) is 18.1 Å². The van der Waals surface area contributed by atoms with Crippen LogP contribution in [0.25, 0.3) is 11.2 Å². The van der Waals surface area contributed by atoms with Gasteiger partial charge in [0.25, 0.3) is 0 Å². The largest absolute Gasteiger partial charge is 0.385 e. The van der Waals surface area contributed by atoms with Crippen LogP contribution in [0, 0.1) is 5.92 Å². The molecular weight excluding hydrogens is 452 g/mol. The quantitative estimate of drug-likeness (QED) is 0.377. The number of unbranched alkanes of at least 4 members (excludes halogenated alkanes) is 2. The molecule has 36 heavy (non-hydrogen) atoms. The zero-order valence-corrected chi connectivity index (χ0v) is 22.1. The topological polar surface area (TPSA) is 106 Å². The Morgan fingerprint density at radius 2 is 1.75 bits per heavy atom. The second-order valence-corrected chi connectivity index (χ2v) is 11.3. The highest BCUT2D eigenvalue weighted by Crippen LogP contribution is 2.34. The number of imidazole rings is 1. The van der Waals surface area contributed by atoms with Crippen molar-refractivity contribution in [3.63, 3.8) is 0 Å². The Hall–Kier alpha value is -1.97. The van der Waals surface area contributed by atoms with Crippen LogP contribution in [0.4, 0.5) is 11.8 Å². The van der Waals surface area contributed by atoms with Crippen molar-refractivity contribution < 1.29 is 4.74 Å². The molecule has 0 aromatic carbocycles. The van der Waals surface area contributed by atoms with Crippen molar-refractivity contribution in [1.29, 1.82) is 0 Å². The molecule has 9 nitrogen and oxygen atoms in total. The van der Waals surface area contributed by atoms with E-state index in [-0.39, 0.29) is 0 Å². The average Bonchev–Trinajstić information content (AvgIpc) is 3.57. The lowest BCUT2D eigenvalue weighted by Gasteiger charge is -2.32. The van der Waals surface area contributed by atoms with Crippen LogP contribution in [0.2, 0.25) is 0 Å². The number of aromatic nitrogens is 4. The van der Waals surface area contributed by atoms with Crippen LogP contribution in [0.5, 0.6) is 0 Å². The highest BCUT2D eigenvalue weighted by molar-refractivity contribution is 5.84. The van der Waals surface area contributed by atoms with E-state index in [2.05, 4.69) is 20.3 Å². The normalized spacial score (nSPS) is 24.5. The zero-order chi connectivity index (χ0) is 24.7. The fourth-order valence-electron chi connectivity index (χ4n) is 6.29. The van der Waals surface area contributed by atoms with Gasteiger partial charge in [0.1, 0.15) is 0 Å². The predicted octanol–water partition coefficient (Wildman–Crippen LogP) is 4.87. The van der Waals surface area contributed by atoms with Gasteiger partial charge in [0, 0.05) is 44.9 Å². The third-order valence-corrected chi connectivity index (χ3v) is 8.58. The fourth-order valence-corrected chi connectivity index (χ4v) is 6.29. The number of hydrogen-bond donors (Lipinski definition) is 3. The lowest BCUT2D eigenvalue weighted by atomic mass is 9.92. The fraction of sp³-hybridized carbons (Fsp3) is 0.815. The van der Waals surface area contributed by atoms with Crippen molar-refractivity contribution in [1.82, 2.24) is 24.5 Å². The Morgan fingerprint density at radius 1 is 0.972 bits per heavy atom. The number of piperidine rings is 1. The van der Waals surface area contributed by atoms with Gasteiger partial charge in [-0.05, 0) is 63.7 Å². The smallest absolute Gasteiger partial charge is 0.227 e. The van der Waals surface area contributed by atoms with Crippen LogP contribution in [0.1, 0.15) is 95.9 Å². The summed E-state index contributed by atoms with van der Waals surface area (Å²) in [6, 6.07) is 1.22. The molecule has 5 rings (SSSR count). The Balaban J connectivity index is 1.26. The summed E-state index contributed by atoms with van der Waals surface area (Å²) in [4.78, 5) is 14.7. The molecule has 1 aliphatic heterocycles. The lowest BCUT2D eigenvalue weighted by molar-refractivity contribution is 0.186. The van der Waals surface area contributed by atoms with E-state index in [1.807, 2.05) is 6.33 Å².